The molecule has 230 valence electrons. The first kappa shape index (κ1) is 31.1. The van der Waals surface area contributed by atoms with Crippen LogP contribution in [-0.2, 0) is 32.3 Å². The molecule has 1 saturated carbocycles. The van der Waals surface area contributed by atoms with E-state index in [0.29, 0.717) is 11.3 Å². The summed E-state index contributed by atoms with van der Waals surface area (Å²) in [7, 11) is 0. The predicted molar refractivity (Wildman–Crippen MR) is 168 cm³/mol. The van der Waals surface area contributed by atoms with E-state index in [1.165, 1.54) is 31.2 Å². The molecule has 0 heterocycles. The van der Waals surface area contributed by atoms with Gasteiger partial charge >= 0.3 is 11.9 Å². The number of aliphatic hydroxyl groups is 1. The number of para-hydroxylation sites is 1. The third-order valence-corrected chi connectivity index (χ3v) is 7.83. The minimum atomic E-state index is -1.71. The number of nitrogens with zero attached hydrogens (tertiary/aromatic N) is 2. The molecule has 1 aliphatic rings. The number of carbonyl (C=O) groups is 2. The lowest BCUT2D eigenvalue weighted by molar-refractivity contribution is -0.384. The summed E-state index contributed by atoms with van der Waals surface area (Å²) >= 11 is 0. The van der Waals surface area contributed by atoms with Gasteiger partial charge in [0, 0.05) is 24.5 Å². The Balaban J connectivity index is 1.57. The smallest absolute Gasteiger partial charge is 0.315 e. The number of hydrogen-bond donors (Lipinski definition) is 2. The number of esters is 2. The van der Waals surface area contributed by atoms with E-state index in [4.69, 9.17) is 9.47 Å². The molecule has 0 bridgehead atoms. The van der Waals surface area contributed by atoms with Crippen LogP contribution < -0.4 is 5.43 Å². The maximum Gasteiger partial charge on any atom is 0.315 e. The quantitative estimate of drug-likeness (QED) is 0.127. The number of rotatable bonds is 10. The topological polar surface area (TPSA) is 140 Å². The number of nitro benzene ring substituents is 1. The summed E-state index contributed by atoms with van der Waals surface area (Å²) in [6.45, 7) is 1.43. The molecule has 2 N–H and O–H groups in total. The van der Waals surface area contributed by atoms with Crippen molar-refractivity contribution < 1.29 is 29.1 Å². The van der Waals surface area contributed by atoms with Crippen LogP contribution in [-0.4, -0.2) is 33.3 Å². The van der Waals surface area contributed by atoms with Crippen molar-refractivity contribution in [1.82, 2.24) is 0 Å². The normalized spacial score (nSPS) is 21.9. The van der Waals surface area contributed by atoms with Gasteiger partial charge in [-0.15, -0.1) is 0 Å². The fourth-order valence-electron chi connectivity index (χ4n) is 5.65. The molecule has 0 saturated heterocycles. The van der Waals surface area contributed by atoms with Crippen molar-refractivity contribution in [3.05, 3.63) is 142 Å². The van der Waals surface area contributed by atoms with Gasteiger partial charge in [-0.05, 0) is 35.7 Å². The number of anilines is 1. The van der Waals surface area contributed by atoms with Crippen LogP contribution in [0.2, 0.25) is 0 Å². The van der Waals surface area contributed by atoms with Crippen molar-refractivity contribution in [2.24, 2.45) is 16.9 Å². The van der Waals surface area contributed by atoms with Gasteiger partial charge in [0.25, 0.3) is 5.69 Å². The second-order valence-corrected chi connectivity index (χ2v) is 11.1. The highest BCUT2D eigenvalue weighted by Crippen LogP contribution is 2.47. The first-order chi connectivity index (χ1) is 21.7. The van der Waals surface area contributed by atoms with Gasteiger partial charge in [0.2, 0.25) is 0 Å². The van der Waals surface area contributed by atoms with E-state index in [1.54, 1.807) is 12.1 Å². The van der Waals surface area contributed by atoms with Crippen molar-refractivity contribution in [2.45, 2.75) is 38.1 Å². The molecule has 0 aromatic heterocycles. The van der Waals surface area contributed by atoms with E-state index in [0.717, 1.165) is 11.1 Å². The van der Waals surface area contributed by atoms with E-state index >= 15 is 0 Å². The molecule has 0 amide bonds. The lowest BCUT2D eigenvalue weighted by atomic mass is 9.61. The van der Waals surface area contributed by atoms with Crippen molar-refractivity contribution in [2.75, 3.05) is 5.43 Å². The molecule has 45 heavy (non-hydrogen) atoms. The van der Waals surface area contributed by atoms with Crippen molar-refractivity contribution in [3.63, 3.8) is 0 Å². The Morgan fingerprint density at radius 1 is 0.844 bits per heavy atom. The monoisotopic (exact) mass is 607 g/mol. The number of hydrogen-bond acceptors (Lipinski definition) is 9. The van der Waals surface area contributed by atoms with E-state index in [9.17, 15) is 24.8 Å². The Kier molecular flexibility index (Phi) is 9.64. The van der Waals surface area contributed by atoms with Gasteiger partial charge in [0.1, 0.15) is 19.1 Å². The first-order valence-corrected chi connectivity index (χ1v) is 14.5. The van der Waals surface area contributed by atoms with E-state index < -0.39 is 40.2 Å². The molecule has 1 fully saturated rings. The Hall–Kier alpha value is -5.35. The number of nitro groups is 1. The van der Waals surface area contributed by atoms with Gasteiger partial charge in [0.05, 0.1) is 27.8 Å². The minimum absolute atomic E-state index is 0.0257. The number of hydrazone groups is 1. The molecular weight excluding hydrogens is 574 g/mol. The molecule has 0 aliphatic heterocycles. The lowest BCUT2D eigenvalue weighted by Gasteiger charge is -2.45. The van der Waals surface area contributed by atoms with Gasteiger partial charge in [-0.2, -0.15) is 5.10 Å². The van der Waals surface area contributed by atoms with Crippen LogP contribution in [0.4, 0.5) is 11.4 Å². The van der Waals surface area contributed by atoms with Gasteiger partial charge < -0.3 is 14.6 Å². The molecule has 5 rings (SSSR count). The van der Waals surface area contributed by atoms with Crippen molar-refractivity contribution in [1.29, 1.82) is 0 Å². The van der Waals surface area contributed by atoms with Crippen LogP contribution in [0.3, 0.4) is 0 Å². The number of benzene rings is 4. The average molecular weight is 608 g/mol. The Morgan fingerprint density at radius 3 is 1.89 bits per heavy atom. The van der Waals surface area contributed by atoms with Crippen molar-refractivity contribution in [3.8, 4) is 0 Å². The van der Waals surface area contributed by atoms with Crippen LogP contribution in [0.15, 0.2) is 120 Å². The lowest BCUT2D eigenvalue weighted by Crippen LogP contribution is -2.55. The summed E-state index contributed by atoms with van der Waals surface area (Å²) in [4.78, 5) is 38.8. The van der Waals surface area contributed by atoms with Crippen LogP contribution >= 0.6 is 0 Å². The highest BCUT2D eigenvalue weighted by Gasteiger charge is 2.56. The summed E-state index contributed by atoms with van der Waals surface area (Å²) in [5, 5.41) is 27.9. The SMILES string of the molecule is C[C@]1(O)C/C(=N/Nc2ccccc2)[C@H](C(=O)OCc2ccccc2)[C@H](c2ccc([N+](=O)[O-])cc2)[C@H]1C(=O)OCc1ccccc1. The van der Waals surface area contributed by atoms with Crippen molar-refractivity contribution >= 4 is 29.0 Å². The molecule has 10 nitrogen and oxygen atoms in total. The number of carbonyl (C=O) groups excluding carboxylic acids is 2. The second-order valence-electron chi connectivity index (χ2n) is 11.1. The van der Waals surface area contributed by atoms with Crippen LogP contribution in [0, 0.1) is 22.0 Å². The Bertz CT molecular complexity index is 1640. The summed E-state index contributed by atoms with van der Waals surface area (Å²) < 4.78 is 11.5. The summed E-state index contributed by atoms with van der Waals surface area (Å²) in [5.41, 5.74) is 3.93. The molecule has 1 aliphatic carbocycles. The zero-order valence-electron chi connectivity index (χ0n) is 24.6. The molecule has 0 radical (unpaired) electrons. The van der Waals surface area contributed by atoms with Crippen LogP contribution in [0.1, 0.15) is 36.0 Å². The summed E-state index contributed by atoms with van der Waals surface area (Å²) in [6.07, 6.45) is -0.146. The molecule has 0 spiro atoms. The average Bonchev–Trinajstić information content (AvgIpc) is 3.06. The molecule has 4 atom stereocenters. The standard InChI is InChI=1S/C35H33N3O7/c1-35(41)21-29(37-36-27-15-9-4-10-16-27)31(33(39)44-22-24-11-5-2-6-12-24)30(26-17-19-28(20-18-26)38(42)43)32(35)34(40)45-23-25-13-7-3-8-14-25/h2-20,30-32,36,41H,21-23H2,1H3/b37-29-/t30-,31-,32-,35-/m0/s1. The Morgan fingerprint density at radius 2 is 1.36 bits per heavy atom. The summed E-state index contributed by atoms with van der Waals surface area (Å²) in [6, 6.07) is 32.9. The maximum atomic E-state index is 14.0. The fourth-order valence-corrected chi connectivity index (χ4v) is 5.65. The molecule has 4 aromatic carbocycles. The predicted octanol–water partition coefficient (Wildman–Crippen LogP) is 6.02. The van der Waals surface area contributed by atoms with Crippen LogP contribution in [0.25, 0.3) is 0 Å². The third kappa shape index (κ3) is 7.60. The van der Waals surface area contributed by atoms with Crippen LogP contribution in [0.5, 0.6) is 0 Å². The first-order valence-electron chi connectivity index (χ1n) is 14.5. The largest absolute Gasteiger partial charge is 0.461 e. The van der Waals surface area contributed by atoms with E-state index in [1.807, 2.05) is 78.9 Å². The second kappa shape index (κ2) is 14.0. The number of non-ortho nitro benzene ring substituents is 1. The number of ether oxygens (including phenoxy) is 2. The molecular formula is C35H33N3O7. The zero-order valence-corrected chi connectivity index (χ0v) is 24.6. The highest BCUT2D eigenvalue weighted by atomic mass is 16.6. The minimum Gasteiger partial charge on any atom is -0.461 e. The number of nitrogens with one attached hydrogen (secondary N) is 1. The van der Waals surface area contributed by atoms with Gasteiger partial charge in [-0.3, -0.25) is 25.1 Å². The molecule has 10 heteroatoms. The molecule has 4 aromatic rings. The molecule has 0 unspecified atom stereocenters. The van der Waals surface area contributed by atoms with Gasteiger partial charge in [-0.1, -0.05) is 91.0 Å². The van der Waals surface area contributed by atoms with E-state index in [2.05, 4.69) is 10.5 Å². The summed E-state index contributed by atoms with van der Waals surface area (Å²) in [5.74, 6) is -4.79. The third-order valence-electron chi connectivity index (χ3n) is 7.83. The van der Waals surface area contributed by atoms with Gasteiger partial charge in [-0.25, -0.2) is 0 Å². The highest BCUT2D eigenvalue weighted by molar-refractivity contribution is 6.06. The van der Waals surface area contributed by atoms with Gasteiger partial charge in [0.15, 0.2) is 0 Å². The zero-order chi connectivity index (χ0) is 31.8. The fraction of sp³-hybridized carbons (Fsp3) is 0.229. The maximum absolute atomic E-state index is 14.0. The van der Waals surface area contributed by atoms with E-state index in [-0.39, 0.29) is 31.0 Å². The Labute approximate surface area is 260 Å².